The number of H-pyrrole nitrogens is 2. The summed E-state index contributed by atoms with van der Waals surface area (Å²) in [6.45, 7) is 4.57. The average Bonchev–Trinajstić information content (AvgIpc) is 3.18. The largest absolute Gasteiger partial charge is 0.481 e. The molecule has 1 atom stereocenters. The number of hydrogen-bond acceptors (Lipinski definition) is 4. The highest BCUT2D eigenvalue weighted by molar-refractivity contribution is 6.13. The molecule has 0 saturated carbocycles. The Labute approximate surface area is 156 Å². The molecule has 0 aliphatic heterocycles. The summed E-state index contributed by atoms with van der Waals surface area (Å²) in [7, 11) is 1.61. The third-order valence-electron chi connectivity index (χ3n) is 5.14. The van der Waals surface area contributed by atoms with Gasteiger partial charge >= 0.3 is 0 Å². The van der Waals surface area contributed by atoms with E-state index in [2.05, 4.69) is 46.1 Å². The second-order valence-electron chi connectivity index (χ2n) is 6.81. The zero-order valence-corrected chi connectivity index (χ0v) is 15.6. The smallest absolute Gasteiger partial charge is 0.272 e. The predicted molar refractivity (Wildman–Crippen MR) is 108 cm³/mol. The molecule has 0 aliphatic rings. The van der Waals surface area contributed by atoms with Crippen LogP contribution in [0.15, 0.2) is 41.3 Å². The second kappa shape index (κ2) is 6.55. The van der Waals surface area contributed by atoms with Crippen molar-refractivity contribution in [3.05, 3.63) is 58.1 Å². The van der Waals surface area contributed by atoms with E-state index in [0.717, 1.165) is 33.1 Å². The fraction of sp³-hybridized carbons (Fsp3) is 0.238. The van der Waals surface area contributed by atoms with E-state index in [-0.39, 0.29) is 5.56 Å². The molecule has 3 aromatic heterocycles. The van der Waals surface area contributed by atoms with Crippen LogP contribution >= 0.6 is 0 Å². The Kier molecular flexibility index (Phi) is 4.20. The lowest BCUT2D eigenvalue weighted by Crippen LogP contribution is -2.09. The molecule has 4 N–H and O–H groups in total. The number of fused-ring (bicyclic) bond motifs is 3. The number of aromatic amines is 2. The monoisotopic (exact) mass is 362 g/mol. The Morgan fingerprint density at radius 3 is 2.59 bits per heavy atom. The zero-order chi connectivity index (χ0) is 19.1. The van der Waals surface area contributed by atoms with Crippen LogP contribution in [-0.2, 0) is 0 Å². The maximum absolute atomic E-state index is 12.4. The van der Waals surface area contributed by atoms with Crippen molar-refractivity contribution in [1.82, 2.24) is 15.0 Å². The number of pyridine rings is 2. The van der Waals surface area contributed by atoms with Gasteiger partial charge in [0.05, 0.1) is 23.9 Å². The van der Waals surface area contributed by atoms with Crippen molar-refractivity contribution in [2.24, 2.45) is 5.73 Å². The van der Waals surface area contributed by atoms with Crippen molar-refractivity contribution in [3.63, 3.8) is 0 Å². The predicted octanol–water partition coefficient (Wildman–Crippen LogP) is 3.45. The van der Waals surface area contributed by atoms with E-state index in [1.807, 2.05) is 13.0 Å². The highest BCUT2D eigenvalue weighted by Crippen LogP contribution is 2.39. The highest BCUT2D eigenvalue weighted by Gasteiger charge is 2.19. The summed E-state index contributed by atoms with van der Waals surface area (Å²) in [4.78, 5) is 23.0. The fourth-order valence-corrected chi connectivity index (χ4v) is 3.57. The molecule has 138 valence electrons. The van der Waals surface area contributed by atoms with Gasteiger partial charge < -0.3 is 20.4 Å². The third kappa shape index (κ3) is 2.69. The Morgan fingerprint density at radius 1 is 1.19 bits per heavy atom. The molecule has 3 heterocycles. The van der Waals surface area contributed by atoms with Gasteiger partial charge in [-0.25, -0.2) is 4.98 Å². The van der Waals surface area contributed by atoms with Crippen molar-refractivity contribution in [2.45, 2.75) is 19.8 Å². The van der Waals surface area contributed by atoms with Gasteiger partial charge in [-0.2, -0.15) is 0 Å². The van der Waals surface area contributed by atoms with Gasteiger partial charge in [-0.3, -0.25) is 4.79 Å². The first-order chi connectivity index (χ1) is 13.0. The second-order valence-corrected chi connectivity index (χ2v) is 6.81. The summed E-state index contributed by atoms with van der Waals surface area (Å²) in [6.07, 6.45) is 1.78. The van der Waals surface area contributed by atoms with E-state index >= 15 is 0 Å². The molecule has 0 radical (unpaired) electrons. The minimum atomic E-state index is -0.157. The number of nitrogens with two attached hydrogens (primary N) is 1. The molecule has 0 bridgehead atoms. The Morgan fingerprint density at radius 2 is 1.93 bits per heavy atom. The van der Waals surface area contributed by atoms with Crippen molar-refractivity contribution in [3.8, 4) is 17.0 Å². The number of aromatic nitrogens is 3. The van der Waals surface area contributed by atoms with Crippen LogP contribution in [0.3, 0.4) is 0 Å². The Balaban J connectivity index is 2.08. The lowest BCUT2D eigenvalue weighted by molar-refractivity contribution is 0.399. The molecule has 0 spiro atoms. The minimum Gasteiger partial charge on any atom is -0.481 e. The van der Waals surface area contributed by atoms with Gasteiger partial charge in [0.25, 0.3) is 5.56 Å². The zero-order valence-electron chi connectivity index (χ0n) is 15.6. The summed E-state index contributed by atoms with van der Waals surface area (Å²) >= 11 is 0. The number of methoxy groups -OCH3 is 1. The Bertz CT molecular complexity index is 1190. The summed E-state index contributed by atoms with van der Waals surface area (Å²) in [6, 6.07) is 10.2. The lowest BCUT2D eigenvalue weighted by Gasteiger charge is -2.15. The van der Waals surface area contributed by atoms with E-state index in [4.69, 9.17) is 10.5 Å². The maximum atomic E-state index is 12.4. The van der Waals surface area contributed by atoms with Crippen LogP contribution < -0.4 is 16.0 Å². The van der Waals surface area contributed by atoms with Gasteiger partial charge in [-0.15, -0.1) is 0 Å². The average molecular weight is 362 g/mol. The molecular weight excluding hydrogens is 340 g/mol. The van der Waals surface area contributed by atoms with Crippen LogP contribution in [0.2, 0.25) is 0 Å². The summed E-state index contributed by atoms with van der Waals surface area (Å²) in [5.74, 6) is 0.829. The number of nitrogens with one attached hydrogen (secondary N) is 2. The molecule has 1 unspecified atom stereocenters. The topological polar surface area (TPSA) is 96.8 Å². The number of aryl methyl sites for hydroxylation is 1. The van der Waals surface area contributed by atoms with Crippen LogP contribution in [0.1, 0.15) is 24.1 Å². The first kappa shape index (κ1) is 17.3. The molecule has 4 rings (SSSR count). The molecule has 27 heavy (non-hydrogen) atoms. The highest BCUT2D eigenvalue weighted by atomic mass is 16.5. The summed E-state index contributed by atoms with van der Waals surface area (Å²) < 4.78 is 5.61. The van der Waals surface area contributed by atoms with E-state index in [1.54, 1.807) is 13.3 Å². The van der Waals surface area contributed by atoms with Crippen molar-refractivity contribution < 1.29 is 4.74 Å². The molecule has 0 aliphatic carbocycles. The van der Waals surface area contributed by atoms with Crippen LogP contribution in [0, 0.1) is 6.92 Å². The lowest BCUT2D eigenvalue weighted by atomic mass is 9.95. The van der Waals surface area contributed by atoms with Gasteiger partial charge in [-0.05, 0) is 36.6 Å². The maximum Gasteiger partial charge on any atom is 0.272 e. The van der Waals surface area contributed by atoms with Crippen LogP contribution in [-0.4, -0.2) is 28.6 Å². The number of benzene rings is 1. The van der Waals surface area contributed by atoms with E-state index in [9.17, 15) is 4.79 Å². The Hall–Kier alpha value is -3.12. The molecule has 0 fully saturated rings. The normalized spacial score (nSPS) is 12.6. The van der Waals surface area contributed by atoms with Crippen LogP contribution in [0.5, 0.6) is 5.88 Å². The van der Waals surface area contributed by atoms with E-state index in [0.29, 0.717) is 23.9 Å². The van der Waals surface area contributed by atoms with Crippen molar-refractivity contribution in [1.29, 1.82) is 0 Å². The molecule has 1 aromatic carbocycles. The number of nitrogens with zero attached hydrogens (tertiary/aromatic N) is 1. The first-order valence-electron chi connectivity index (χ1n) is 8.93. The summed E-state index contributed by atoms with van der Waals surface area (Å²) in [5, 5.41) is 1.78. The van der Waals surface area contributed by atoms with Gasteiger partial charge in [-0.1, -0.05) is 31.2 Å². The molecule has 0 amide bonds. The first-order valence-corrected chi connectivity index (χ1v) is 8.93. The molecule has 6 heteroatoms. The number of hydrogen-bond donors (Lipinski definition) is 3. The van der Waals surface area contributed by atoms with Crippen molar-refractivity contribution >= 4 is 21.8 Å². The van der Waals surface area contributed by atoms with Crippen LogP contribution in [0.4, 0.5) is 0 Å². The van der Waals surface area contributed by atoms with Gasteiger partial charge in [0, 0.05) is 17.0 Å². The molecular formula is C21H22N4O2. The SMILES string of the molecule is COc1nc(C)c2[nH]c(=O)c3[nH]ccc3c2c1-c1ccc(C(C)CN)cc1. The molecule has 0 saturated heterocycles. The quantitative estimate of drug-likeness (QED) is 0.518. The summed E-state index contributed by atoms with van der Waals surface area (Å²) in [5.41, 5.74) is 10.7. The van der Waals surface area contributed by atoms with Crippen LogP contribution in [0.25, 0.3) is 32.9 Å². The fourth-order valence-electron chi connectivity index (χ4n) is 3.57. The number of ether oxygens (including phenoxy) is 1. The van der Waals surface area contributed by atoms with Gasteiger partial charge in [0.1, 0.15) is 5.52 Å². The molecule has 4 aromatic rings. The van der Waals surface area contributed by atoms with Gasteiger partial charge in [0.15, 0.2) is 0 Å². The molecule has 6 nitrogen and oxygen atoms in total. The van der Waals surface area contributed by atoms with Gasteiger partial charge in [0.2, 0.25) is 5.88 Å². The third-order valence-corrected chi connectivity index (χ3v) is 5.14. The number of rotatable bonds is 4. The standard InChI is InChI=1S/C21H22N4O2/c1-11(10-22)13-4-6-14(7-5-13)16-17-15-8-9-23-19(15)20(26)25-18(17)12(2)24-21(16)27-3/h4-9,11,23H,10,22H2,1-3H3,(H,25,26). The van der Waals surface area contributed by atoms with E-state index in [1.165, 1.54) is 5.56 Å². The van der Waals surface area contributed by atoms with Crippen molar-refractivity contribution in [2.75, 3.05) is 13.7 Å². The minimum absolute atomic E-state index is 0.157. The van der Waals surface area contributed by atoms with E-state index < -0.39 is 0 Å².